The number of carbonyl (C=O) groups is 1. The van der Waals surface area contributed by atoms with Crippen LogP contribution in [0, 0.1) is 0 Å². The van der Waals surface area contributed by atoms with Gasteiger partial charge in [0.25, 0.3) is 0 Å². The Hall–Kier alpha value is -1.86. The molecule has 6 nitrogen and oxygen atoms in total. The van der Waals surface area contributed by atoms with Crippen molar-refractivity contribution in [3.05, 3.63) is 41.4 Å². The Bertz CT molecular complexity index is 802. The lowest BCUT2D eigenvalue weighted by Gasteiger charge is -2.05. The van der Waals surface area contributed by atoms with Crippen LogP contribution in [0.25, 0.3) is 11.3 Å². The molecule has 2 rings (SSSR count). The number of oxazole rings is 1. The highest BCUT2D eigenvalue weighted by Gasteiger charge is 2.15. The molecule has 0 aliphatic rings. The van der Waals surface area contributed by atoms with Crippen molar-refractivity contribution >= 4 is 27.5 Å². The van der Waals surface area contributed by atoms with Crippen molar-refractivity contribution in [1.82, 2.24) is 9.71 Å². The molecule has 0 unspecified atom stereocenters. The predicted molar refractivity (Wildman–Crippen MR) is 92.1 cm³/mol. The predicted octanol–water partition coefficient (Wildman–Crippen LogP) is 3.17. The number of sulfonamides is 1. The molecule has 24 heavy (non-hydrogen) atoms. The van der Waals surface area contributed by atoms with E-state index in [2.05, 4.69) is 9.71 Å². The molecular formula is C16H19ClN2O4S. The first-order chi connectivity index (χ1) is 11.4. The first-order valence-electron chi connectivity index (χ1n) is 7.64. The minimum atomic E-state index is -3.56. The Balaban J connectivity index is 1.92. The second-order valence-electron chi connectivity index (χ2n) is 5.30. The summed E-state index contributed by atoms with van der Waals surface area (Å²) in [7, 11) is -3.56. The Morgan fingerprint density at radius 2 is 2.08 bits per heavy atom. The number of aryl methyl sites for hydroxylation is 1. The van der Waals surface area contributed by atoms with Crippen LogP contribution in [0.4, 0.5) is 0 Å². The van der Waals surface area contributed by atoms with Gasteiger partial charge in [-0.25, -0.2) is 13.4 Å². The summed E-state index contributed by atoms with van der Waals surface area (Å²) in [5.74, 6) is 0.242. The maximum Gasteiger partial charge on any atom is 0.234 e. The van der Waals surface area contributed by atoms with Crippen LogP contribution in [0.5, 0.6) is 0 Å². The summed E-state index contributed by atoms with van der Waals surface area (Å²) in [5.41, 5.74) is 0.713. The van der Waals surface area contributed by atoms with Crippen LogP contribution in [-0.4, -0.2) is 25.1 Å². The van der Waals surface area contributed by atoms with Crippen molar-refractivity contribution in [2.45, 2.75) is 32.6 Å². The van der Waals surface area contributed by atoms with Gasteiger partial charge < -0.3 is 4.42 Å². The Morgan fingerprint density at radius 1 is 1.33 bits per heavy atom. The smallest absolute Gasteiger partial charge is 0.234 e. The lowest BCUT2D eigenvalue weighted by molar-refractivity contribution is -0.119. The topological polar surface area (TPSA) is 89.3 Å². The monoisotopic (exact) mass is 370 g/mol. The molecular weight excluding hydrogens is 352 g/mol. The van der Waals surface area contributed by atoms with Crippen molar-refractivity contribution in [1.29, 1.82) is 0 Å². The van der Waals surface area contributed by atoms with Crippen molar-refractivity contribution < 1.29 is 17.6 Å². The molecule has 0 bridgehead atoms. The molecule has 0 aliphatic heterocycles. The SMILES string of the molecule is CCCCS(=O)(=O)NC(=O)CCc1ncc(-c2ccccc2Cl)o1. The van der Waals surface area contributed by atoms with E-state index in [0.29, 0.717) is 28.7 Å². The number of rotatable bonds is 8. The zero-order valence-corrected chi connectivity index (χ0v) is 14.9. The van der Waals surface area contributed by atoms with Gasteiger partial charge in [-0.15, -0.1) is 0 Å². The number of hydrogen-bond donors (Lipinski definition) is 1. The van der Waals surface area contributed by atoms with E-state index in [9.17, 15) is 13.2 Å². The average molecular weight is 371 g/mol. The molecule has 130 valence electrons. The molecule has 8 heteroatoms. The number of amides is 1. The first-order valence-corrected chi connectivity index (χ1v) is 9.67. The molecule has 0 saturated heterocycles. The molecule has 0 saturated carbocycles. The van der Waals surface area contributed by atoms with Crippen molar-refractivity contribution in [3.8, 4) is 11.3 Å². The molecule has 0 atom stereocenters. The molecule has 0 aliphatic carbocycles. The van der Waals surface area contributed by atoms with Crippen LogP contribution in [0.1, 0.15) is 32.1 Å². The van der Waals surface area contributed by atoms with Gasteiger partial charge in [0.15, 0.2) is 11.7 Å². The van der Waals surface area contributed by atoms with Gasteiger partial charge in [0, 0.05) is 18.4 Å². The van der Waals surface area contributed by atoms with E-state index < -0.39 is 15.9 Å². The van der Waals surface area contributed by atoms with Gasteiger partial charge in [-0.1, -0.05) is 37.1 Å². The molecule has 1 N–H and O–H groups in total. The van der Waals surface area contributed by atoms with Crippen LogP contribution < -0.4 is 4.72 Å². The van der Waals surface area contributed by atoms with E-state index >= 15 is 0 Å². The highest BCUT2D eigenvalue weighted by atomic mass is 35.5. The first kappa shape index (κ1) is 18.5. The molecule has 0 radical (unpaired) electrons. The lowest BCUT2D eigenvalue weighted by Crippen LogP contribution is -2.32. The van der Waals surface area contributed by atoms with Crippen LogP contribution in [-0.2, 0) is 21.2 Å². The highest BCUT2D eigenvalue weighted by Crippen LogP contribution is 2.28. The normalized spacial score (nSPS) is 11.4. The minimum absolute atomic E-state index is 0.0200. The van der Waals surface area contributed by atoms with Gasteiger partial charge in [0.1, 0.15) is 0 Å². The van der Waals surface area contributed by atoms with E-state index in [4.69, 9.17) is 16.0 Å². The number of halogens is 1. The fraction of sp³-hybridized carbons (Fsp3) is 0.375. The number of nitrogens with one attached hydrogen (secondary N) is 1. The Morgan fingerprint density at radius 3 is 2.79 bits per heavy atom. The van der Waals surface area contributed by atoms with Gasteiger partial charge in [-0.05, 0) is 18.6 Å². The third-order valence-corrected chi connectivity index (χ3v) is 4.99. The third-order valence-electron chi connectivity index (χ3n) is 3.29. The van der Waals surface area contributed by atoms with Gasteiger partial charge in [0.05, 0.1) is 17.0 Å². The summed E-state index contributed by atoms with van der Waals surface area (Å²) in [5, 5.41) is 0.542. The third kappa shape index (κ3) is 5.35. The average Bonchev–Trinajstić information content (AvgIpc) is 3.00. The summed E-state index contributed by atoms with van der Waals surface area (Å²) in [6.07, 6.45) is 2.99. The van der Waals surface area contributed by atoms with Crippen LogP contribution in [0.3, 0.4) is 0 Å². The Kier molecular flexibility index (Phi) is 6.39. The lowest BCUT2D eigenvalue weighted by atomic mass is 10.2. The zero-order valence-electron chi connectivity index (χ0n) is 13.3. The number of nitrogens with zero attached hydrogens (tertiary/aromatic N) is 1. The number of aromatic nitrogens is 1. The maximum atomic E-state index is 11.7. The van der Waals surface area contributed by atoms with Gasteiger partial charge in [0.2, 0.25) is 15.9 Å². The van der Waals surface area contributed by atoms with E-state index in [0.717, 1.165) is 6.42 Å². The van der Waals surface area contributed by atoms with Crippen LogP contribution in [0.15, 0.2) is 34.9 Å². The fourth-order valence-electron chi connectivity index (χ4n) is 2.04. The minimum Gasteiger partial charge on any atom is -0.441 e. The number of unbranched alkanes of at least 4 members (excludes halogenated alkanes) is 1. The fourth-order valence-corrected chi connectivity index (χ4v) is 3.49. The van der Waals surface area contributed by atoms with E-state index in [1.165, 1.54) is 6.20 Å². The number of hydrogen-bond acceptors (Lipinski definition) is 5. The largest absolute Gasteiger partial charge is 0.441 e. The summed E-state index contributed by atoms with van der Waals surface area (Å²) >= 11 is 6.09. The molecule has 0 spiro atoms. The van der Waals surface area contributed by atoms with Gasteiger partial charge in [-0.2, -0.15) is 0 Å². The van der Waals surface area contributed by atoms with Crippen molar-refractivity contribution in [2.24, 2.45) is 0 Å². The van der Waals surface area contributed by atoms with E-state index in [1.54, 1.807) is 12.1 Å². The summed E-state index contributed by atoms with van der Waals surface area (Å²) < 4.78 is 30.9. The van der Waals surface area contributed by atoms with Crippen molar-refractivity contribution in [2.75, 3.05) is 5.75 Å². The second kappa shape index (κ2) is 8.30. The number of carbonyl (C=O) groups excluding carboxylic acids is 1. The van der Waals surface area contributed by atoms with Crippen molar-refractivity contribution in [3.63, 3.8) is 0 Å². The molecule has 1 heterocycles. The zero-order chi connectivity index (χ0) is 17.6. The summed E-state index contributed by atoms with van der Waals surface area (Å²) in [6.45, 7) is 1.89. The van der Waals surface area contributed by atoms with Crippen LogP contribution >= 0.6 is 11.6 Å². The molecule has 0 fully saturated rings. The molecule has 1 amide bonds. The van der Waals surface area contributed by atoms with E-state index in [-0.39, 0.29) is 18.6 Å². The molecule has 2 aromatic rings. The van der Waals surface area contributed by atoms with Crippen LogP contribution in [0.2, 0.25) is 5.02 Å². The second-order valence-corrected chi connectivity index (χ2v) is 7.54. The van der Waals surface area contributed by atoms with Gasteiger partial charge >= 0.3 is 0 Å². The quantitative estimate of drug-likeness (QED) is 0.770. The van der Waals surface area contributed by atoms with Gasteiger partial charge in [-0.3, -0.25) is 9.52 Å². The Labute approximate surface area is 146 Å². The summed E-state index contributed by atoms with van der Waals surface area (Å²) in [6, 6.07) is 7.19. The maximum absolute atomic E-state index is 11.7. The molecule has 1 aromatic carbocycles. The summed E-state index contributed by atoms with van der Waals surface area (Å²) in [4.78, 5) is 15.8. The molecule has 1 aromatic heterocycles. The standard InChI is InChI=1S/C16H19ClN2O4S/c1-2-3-10-24(21,22)19-15(20)8-9-16-18-11-14(23-16)12-6-4-5-7-13(12)17/h4-7,11H,2-3,8-10H2,1H3,(H,19,20). The number of benzene rings is 1. The van der Waals surface area contributed by atoms with E-state index in [1.807, 2.05) is 19.1 Å². The highest BCUT2D eigenvalue weighted by molar-refractivity contribution is 7.90.